The van der Waals surface area contributed by atoms with Crippen molar-refractivity contribution in [3.05, 3.63) is 75.2 Å². The third kappa shape index (κ3) is 6.36. The first-order valence-corrected chi connectivity index (χ1v) is 11.5. The Hall–Kier alpha value is -1.83. The molecule has 0 spiro atoms. The second kappa shape index (κ2) is 10.6. The summed E-state index contributed by atoms with van der Waals surface area (Å²) in [6.45, 7) is 0.578. The predicted octanol–water partition coefficient (Wildman–Crippen LogP) is 5.11. The molecule has 0 saturated heterocycles. The van der Waals surface area contributed by atoms with Gasteiger partial charge in [-0.2, -0.15) is 0 Å². The van der Waals surface area contributed by atoms with Gasteiger partial charge in [0, 0.05) is 22.2 Å². The first-order valence-electron chi connectivity index (χ1n) is 8.84. The molecule has 1 N–H and O–H groups in total. The number of ether oxygens (including phenoxy) is 1. The summed E-state index contributed by atoms with van der Waals surface area (Å²) >= 11 is 6.72. The molecule has 3 rings (SSSR count). The number of benzene rings is 2. The molecule has 3 aromatic rings. The van der Waals surface area contributed by atoms with Gasteiger partial charge >= 0.3 is 0 Å². The number of hydrogen-bond acceptors (Lipinski definition) is 5. The lowest BCUT2D eigenvalue weighted by atomic mass is 10.1. The van der Waals surface area contributed by atoms with Gasteiger partial charge in [0.1, 0.15) is 10.1 Å². The van der Waals surface area contributed by atoms with Crippen molar-refractivity contribution >= 4 is 44.9 Å². The third-order valence-electron chi connectivity index (χ3n) is 4.06. The van der Waals surface area contributed by atoms with Crippen molar-refractivity contribution in [3.8, 4) is 5.75 Å². The summed E-state index contributed by atoms with van der Waals surface area (Å²) in [4.78, 5) is 16.8. The number of hydrogen-bond donors (Lipinski definition) is 1. The smallest absolute Gasteiger partial charge is 0.226 e. The Bertz CT molecular complexity index is 913. The van der Waals surface area contributed by atoms with Crippen LogP contribution in [0.5, 0.6) is 5.75 Å². The van der Waals surface area contributed by atoms with E-state index in [1.165, 1.54) is 5.56 Å². The van der Waals surface area contributed by atoms with E-state index in [2.05, 4.69) is 38.4 Å². The highest BCUT2D eigenvalue weighted by molar-refractivity contribution is 9.10. The van der Waals surface area contributed by atoms with Crippen LogP contribution in [0.3, 0.4) is 0 Å². The minimum Gasteiger partial charge on any atom is -0.496 e. The topological polar surface area (TPSA) is 51.2 Å². The predicted molar refractivity (Wildman–Crippen MR) is 119 cm³/mol. The summed E-state index contributed by atoms with van der Waals surface area (Å²) in [6, 6.07) is 16.1. The molecule has 7 heteroatoms. The fourth-order valence-corrected chi connectivity index (χ4v) is 4.70. The quantitative estimate of drug-likeness (QED) is 0.436. The van der Waals surface area contributed by atoms with Crippen molar-refractivity contribution in [2.75, 3.05) is 13.7 Å². The molecule has 0 aliphatic carbocycles. The number of carbonyl (C=O) groups is 1. The molecular weight excluding hydrogens is 456 g/mol. The van der Waals surface area contributed by atoms with Gasteiger partial charge in [0.15, 0.2) is 0 Å². The zero-order valence-corrected chi connectivity index (χ0v) is 18.7. The Morgan fingerprint density at radius 1 is 1.21 bits per heavy atom. The molecule has 4 nitrogen and oxygen atoms in total. The van der Waals surface area contributed by atoms with E-state index in [1.54, 1.807) is 30.2 Å². The maximum atomic E-state index is 12.2. The molecule has 1 aromatic heterocycles. The fourth-order valence-electron chi connectivity index (χ4n) is 2.63. The molecule has 28 heavy (non-hydrogen) atoms. The minimum atomic E-state index is -0.00958. The molecule has 0 atom stereocenters. The van der Waals surface area contributed by atoms with E-state index < -0.39 is 0 Å². The van der Waals surface area contributed by atoms with E-state index in [-0.39, 0.29) is 5.91 Å². The van der Waals surface area contributed by atoms with Crippen LogP contribution in [0.1, 0.15) is 16.8 Å². The Kier molecular flexibility index (Phi) is 7.94. The number of nitrogens with zero attached hydrogens (tertiary/aromatic N) is 1. The molecule has 0 unspecified atom stereocenters. The third-order valence-corrected chi connectivity index (χ3v) is 6.73. The maximum Gasteiger partial charge on any atom is 0.226 e. The summed E-state index contributed by atoms with van der Waals surface area (Å²) in [5, 5.41) is 4.92. The first-order chi connectivity index (χ1) is 13.6. The minimum absolute atomic E-state index is 0.00958. The van der Waals surface area contributed by atoms with Crippen molar-refractivity contribution in [2.45, 2.75) is 22.9 Å². The highest BCUT2D eigenvalue weighted by Gasteiger charge is 2.09. The zero-order valence-electron chi connectivity index (χ0n) is 15.5. The average Bonchev–Trinajstić information content (AvgIpc) is 3.15. The number of halogens is 1. The average molecular weight is 477 g/mol. The number of para-hydroxylation sites is 1. The van der Waals surface area contributed by atoms with Crippen LogP contribution in [-0.4, -0.2) is 24.5 Å². The van der Waals surface area contributed by atoms with Crippen molar-refractivity contribution in [1.29, 1.82) is 0 Å². The molecule has 0 fully saturated rings. The Morgan fingerprint density at radius 2 is 2.00 bits per heavy atom. The normalized spacial score (nSPS) is 10.6. The van der Waals surface area contributed by atoms with Crippen molar-refractivity contribution in [2.24, 2.45) is 0 Å². The monoisotopic (exact) mass is 476 g/mol. The highest BCUT2D eigenvalue weighted by atomic mass is 79.9. The number of amides is 1. The van der Waals surface area contributed by atoms with E-state index in [4.69, 9.17) is 4.74 Å². The van der Waals surface area contributed by atoms with Crippen molar-refractivity contribution in [1.82, 2.24) is 10.3 Å². The lowest BCUT2D eigenvalue weighted by Gasteiger charge is -2.08. The maximum absolute atomic E-state index is 12.2. The van der Waals surface area contributed by atoms with Gasteiger partial charge in [-0.25, -0.2) is 4.98 Å². The van der Waals surface area contributed by atoms with Crippen LogP contribution in [0, 0.1) is 0 Å². The van der Waals surface area contributed by atoms with Gasteiger partial charge < -0.3 is 10.1 Å². The second-order valence-corrected chi connectivity index (χ2v) is 9.10. The first kappa shape index (κ1) is 20.9. The Balaban J connectivity index is 1.42. The number of thioether (sulfide) groups is 1. The number of nitrogens with one attached hydrogen (secondary N) is 1. The van der Waals surface area contributed by atoms with Crippen LogP contribution in [0.4, 0.5) is 0 Å². The molecule has 0 aliphatic heterocycles. The Labute approximate surface area is 181 Å². The molecule has 146 valence electrons. The SMILES string of the molecule is COc1ccccc1CCNC(=O)Cc1csc(SCc2ccc(Br)cc2)n1. The van der Waals surface area contributed by atoms with Crippen LogP contribution in [-0.2, 0) is 23.4 Å². The number of aromatic nitrogens is 1. The van der Waals surface area contributed by atoms with E-state index in [1.807, 2.05) is 41.8 Å². The largest absolute Gasteiger partial charge is 0.496 e. The standard InChI is InChI=1S/C21H21BrN2O2S2/c1-26-19-5-3-2-4-16(19)10-11-23-20(25)12-18-14-28-21(24-18)27-13-15-6-8-17(22)9-7-15/h2-9,14H,10-13H2,1H3,(H,23,25). The number of thiazole rings is 1. The van der Waals surface area contributed by atoms with Gasteiger partial charge in [-0.05, 0) is 35.7 Å². The summed E-state index contributed by atoms with van der Waals surface area (Å²) in [5.74, 6) is 1.71. The summed E-state index contributed by atoms with van der Waals surface area (Å²) < 4.78 is 7.40. The summed E-state index contributed by atoms with van der Waals surface area (Å²) in [6.07, 6.45) is 1.04. The molecule has 2 aromatic carbocycles. The molecule has 0 saturated carbocycles. The number of methoxy groups -OCH3 is 1. The lowest BCUT2D eigenvalue weighted by Crippen LogP contribution is -2.27. The molecule has 1 heterocycles. The summed E-state index contributed by atoms with van der Waals surface area (Å²) in [5.41, 5.74) is 3.16. The number of carbonyl (C=O) groups excluding carboxylic acids is 1. The lowest BCUT2D eigenvalue weighted by molar-refractivity contribution is -0.120. The van der Waals surface area contributed by atoms with Gasteiger partial charge in [-0.15, -0.1) is 11.3 Å². The van der Waals surface area contributed by atoms with Crippen LogP contribution in [0.15, 0.2) is 62.7 Å². The molecule has 0 bridgehead atoms. The molecule has 0 aliphatic rings. The molecule has 1 amide bonds. The molecule has 0 radical (unpaired) electrons. The van der Waals surface area contributed by atoms with E-state index >= 15 is 0 Å². The van der Waals surface area contributed by atoms with E-state index in [9.17, 15) is 4.79 Å². The van der Waals surface area contributed by atoms with E-state index in [0.717, 1.165) is 38.0 Å². The van der Waals surface area contributed by atoms with Crippen molar-refractivity contribution < 1.29 is 9.53 Å². The summed E-state index contributed by atoms with van der Waals surface area (Å²) in [7, 11) is 1.66. The Morgan fingerprint density at radius 3 is 2.79 bits per heavy atom. The van der Waals surface area contributed by atoms with Gasteiger partial charge in [0.2, 0.25) is 5.91 Å². The fraction of sp³-hybridized carbons (Fsp3) is 0.238. The zero-order chi connectivity index (χ0) is 19.8. The van der Waals surface area contributed by atoms with E-state index in [0.29, 0.717) is 13.0 Å². The van der Waals surface area contributed by atoms with Crippen LogP contribution in [0.2, 0.25) is 0 Å². The van der Waals surface area contributed by atoms with Gasteiger partial charge in [0.05, 0.1) is 19.2 Å². The number of rotatable bonds is 9. The van der Waals surface area contributed by atoms with Crippen LogP contribution >= 0.6 is 39.0 Å². The van der Waals surface area contributed by atoms with Gasteiger partial charge in [0.25, 0.3) is 0 Å². The van der Waals surface area contributed by atoms with Crippen LogP contribution < -0.4 is 10.1 Å². The van der Waals surface area contributed by atoms with Crippen LogP contribution in [0.25, 0.3) is 0 Å². The highest BCUT2D eigenvalue weighted by Crippen LogP contribution is 2.27. The molecular formula is C21H21BrN2O2S2. The van der Waals surface area contributed by atoms with Gasteiger partial charge in [-0.3, -0.25) is 4.79 Å². The second-order valence-electron chi connectivity index (χ2n) is 6.11. The van der Waals surface area contributed by atoms with Gasteiger partial charge in [-0.1, -0.05) is 58.0 Å². The van der Waals surface area contributed by atoms with Crippen molar-refractivity contribution in [3.63, 3.8) is 0 Å².